The van der Waals surface area contributed by atoms with Crippen molar-refractivity contribution in [2.24, 2.45) is 11.3 Å². The second-order valence-corrected chi connectivity index (χ2v) is 6.76. The summed E-state index contributed by atoms with van der Waals surface area (Å²) in [5.41, 5.74) is -0.137. The smallest absolute Gasteiger partial charge is 0.246 e. The van der Waals surface area contributed by atoms with E-state index in [-0.39, 0.29) is 29.4 Å². The molecule has 1 aliphatic heterocycles. The fourth-order valence-electron chi connectivity index (χ4n) is 2.88. The van der Waals surface area contributed by atoms with Crippen LogP contribution in [-0.2, 0) is 9.59 Å². The minimum absolute atomic E-state index is 0.0155. The van der Waals surface area contributed by atoms with Crippen molar-refractivity contribution in [3.63, 3.8) is 0 Å². The third-order valence-electron chi connectivity index (χ3n) is 3.43. The van der Waals surface area contributed by atoms with Crippen LogP contribution in [-0.4, -0.2) is 40.9 Å². The molecule has 1 aliphatic rings. The molecule has 2 unspecified atom stereocenters. The average Bonchev–Trinajstić information content (AvgIpc) is 2.40. The minimum atomic E-state index is -0.295. The van der Waals surface area contributed by atoms with Gasteiger partial charge in [0.05, 0.1) is 0 Å². The molecule has 0 aliphatic carbocycles. The predicted octanol–water partition coefficient (Wildman–Crippen LogP) is 2.09. The van der Waals surface area contributed by atoms with Crippen molar-refractivity contribution in [3.05, 3.63) is 0 Å². The van der Waals surface area contributed by atoms with Crippen LogP contribution in [0.2, 0.25) is 0 Å². The first-order chi connectivity index (χ1) is 8.07. The second-order valence-electron chi connectivity index (χ2n) is 6.76. The Hall–Kier alpha value is -1.06. The number of carbonyl (C=O) groups excluding carboxylic acids is 2. The van der Waals surface area contributed by atoms with Crippen LogP contribution in [0.4, 0.5) is 0 Å². The lowest BCUT2D eigenvalue weighted by Crippen LogP contribution is -2.50. The van der Waals surface area contributed by atoms with Gasteiger partial charge in [-0.25, -0.2) is 0 Å². The largest absolute Gasteiger partial charge is 0.323 e. The number of nitrogens with zero attached hydrogens (tertiary/aromatic N) is 2. The van der Waals surface area contributed by atoms with Crippen LogP contribution in [0.15, 0.2) is 0 Å². The van der Waals surface area contributed by atoms with E-state index in [1.54, 1.807) is 23.8 Å². The number of amides is 2. The van der Waals surface area contributed by atoms with E-state index in [0.29, 0.717) is 5.92 Å². The lowest BCUT2D eigenvalue weighted by atomic mass is 9.90. The fourth-order valence-corrected chi connectivity index (χ4v) is 2.88. The highest BCUT2D eigenvalue weighted by Gasteiger charge is 2.50. The predicted molar refractivity (Wildman–Crippen MR) is 71.8 cm³/mol. The van der Waals surface area contributed by atoms with E-state index in [2.05, 4.69) is 34.6 Å². The number of rotatable bonds is 2. The molecule has 0 bridgehead atoms. The Morgan fingerprint density at radius 3 is 2.17 bits per heavy atom. The molecule has 2 amide bonds. The van der Waals surface area contributed by atoms with Gasteiger partial charge in [-0.2, -0.15) is 0 Å². The van der Waals surface area contributed by atoms with Gasteiger partial charge in [0.15, 0.2) is 0 Å². The molecule has 18 heavy (non-hydrogen) atoms. The molecule has 2 atom stereocenters. The van der Waals surface area contributed by atoms with Gasteiger partial charge in [-0.15, -0.1) is 0 Å². The van der Waals surface area contributed by atoms with Crippen LogP contribution >= 0.6 is 0 Å². The summed E-state index contributed by atoms with van der Waals surface area (Å²) in [6.45, 7) is 11.9. The van der Waals surface area contributed by atoms with Gasteiger partial charge in [-0.1, -0.05) is 34.6 Å². The van der Waals surface area contributed by atoms with Gasteiger partial charge >= 0.3 is 0 Å². The quantitative estimate of drug-likeness (QED) is 0.757. The number of hydrogen-bond donors (Lipinski definition) is 0. The molecule has 0 radical (unpaired) electrons. The topological polar surface area (TPSA) is 40.6 Å². The zero-order chi connectivity index (χ0) is 14.2. The summed E-state index contributed by atoms with van der Waals surface area (Å²) in [7, 11) is 1.80. The van der Waals surface area contributed by atoms with E-state index >= 15 is 0 Å². The van der Waals surface area contributed by atoms with E-state index < -0.39 is 0 Å². The van der Waals surface area contributed by atoms with Crippen molar-refractivity contribution < 1.29 is 9.59 Å². The third-order valence-corrected chi connectivity index (χ3v) is 3.43. The van der Waals surface area contributed by atoms with E-state index in [0.717, 1.165) is 6.42 Å². The highest BCUT2D eigenvalue weighted by atomic mass is 16.2. The maximum atomic E-state index is 12.3. The molecule has 1 rings (SSSR count). The van der Waals surface area contributed by atoms with Gasteiger partial charge in [0, 0.05) is 19.4 Å². The van der Waals surface area contributed by atoms with Gasteiger partial charge in [0.2, 0.25) is 11.8 Å². The van der Waals surface area contributed by atoms with Gasteiger partial charge in [0.25, 0.3) is 0 Å². The molecule has 0 aromatic carbocycles. The Bertz CT molecular complexity index is 344. The third kappa shape index (κ3) is 2.68. The van der Waals surface area contributed by atoms with Crippen molar-refractivity contribution in [3.8, 4) is 0 Å². The number of likely N-dealkylation sites (N-methyl/N-ethyl adjacent to an activating group) is 1. The zero-order valence-corrected chi connectivity index (χ0v) is 12.7. The van der Waals surface area contributed by atoms with E-state index in [9.17, 15) is 9.59 Å². The van der Waals surface area contributed by atoms with Crippen LogP contribution in [0, 0.1) is 11.3 Å². The molecule has 1 heterocycles. The highest BCUT2D eigenvalue weighted by Crippen LogP contribution is 2.35. The van der Waals surface area contributed by atoms with Gasteiger partial charge < -0.3 is 9.80 Å². The van der Waals surface area contributed by atoms with E-state index in [4.69, 9.17) is 0 Å². The summed E-state index contributed by atoms with van der Waals surface area (Å²) in [6.07, 6.45) is 0.584. The summed E-state index contributed by atoms with van der Waals surface area (Å²) in [5, 5.41) is 0. The minimum Gasteiger partial charge on any atom is -0.323 e. The van der Waals surface area contributed by atoms with E-state index in [1.807, 2.05) is 0 Å². The van der Waals surface area contributed by atoms with Gasteiger partial charge in [0.1, 0.15) is 12.2 Å². The van der Waals surface area contributed by atoms with Crippen molar-refractivity contribution in [1.82, 2.24) is 9.80 Å². The fraction of sp³-hybridized carbons (Fsp3) is 0.857. The van der Waals surface area contributed by atoms with E-state index in [1.165, 1.54) is 0 Å². The van der Waals surface area contributed by atoms with Crippen molar-refractivity contribution in [1.29, 1.82) is 0 Å². The first-order valence-electron chi connectivity index (χ1n) is 6.63. The Balaban J connectivity index is 3.13. The van der Waals surface area contributed by atoms with Crippen LogP contribution in [0.25, 0.3) is 0 Å². The van der Waals surface area contributed by atoms with Crippen LogP contribution in [0.3, 0.4) is 0 Å². The van der Waals surface area contributed by atoms with Crippen molar-refractivity contribution >= 4 is 11.8 Å². The molecule has 104 valence electrons. The van der Waals surface area contributed by atoms with Gasteiger partial charge in [-0.05, 0) is 12.3 Å². The van der Waals surface area contributed by atoms with Crippen molar-refractivity contribution in [2.75, 3.05) is 7.05 Å². The Labute approximate surface area is 110 Å². The molecule has 0 aromatic heterocycles. The summed E-state index contributed by atoms with van der Waals surface area (Å²) in [5.74, 6) is 0.449. The molecular weight excluding hydrogens is 228 g/mol. The van der Waals surface area contributed by atoms with Crippen LogP contribution in [0.5, 0.6) is 0 Å². The SMILES string of the molecule is CC(=O)N1C(CC(C)C)C(=O)N(C)C1C(C)(C)C. The molecule has 0 spiro atoms. The zero-order valence-electron chi connectivity index (χ0n) is 12.7. The van der Waals surface area contributed by atoms with Gasteiger partial charge in [-0.3, -0.25) is 9.59 Å². The Kier molecular flexibility index (Phi) is 4.08. The molecular formula is C14H26N2O2. The lowest BCUT2D eigenvalue weighted by molar-refractivity contribution is -0.136. The number of hydrogen-bond acceptors (Lipinski definition) is 2. The maximum absolute atomic E-state index is 12.3. The molecule has 0 aromatic rings. The molecule has 4 heteroatoms. The highest BCUT2D eigenvalue weighted by molar-refractivity contribution is 5.90. The summed E-state index contributed by atoms with van der Waals surface area (Å²) < 4.78 is 0. The average molecular weight is 254 g/mol. The molecule has 0 saturated carbocycles. The first-order valence-corrected chi connectivity index (χ1v) is 6.63. The summed E-state index contributed by atoms with van der Waals surface area (Å²) in [6, 6.07) is -0.295. The standard InChI is InChI=1S/C14H26N2O2/c1-9(2)8-11-12(18)15(7)13(14(4,5)6)16(11)10(3)17/h9,11,13H,8H2,1-7H3. The lowest BCUT2D eigenvalue weighted by Gasteiger charge is -2.38. The Morgan fingerprint density at radius 1 is 1.33 bits per heavy atom. The monoisotopic (exact) mass is 254 g/mol. The summed E-state index contributed by atoms with van der Waals surface area (Å²) >= 11 is 0. The molecule has 1 fully saturated rings. The molecule has 4 nitrogen and oxygen atoms in total. The van der Waals surface area contributed by atoms with Crippen LogP contribution < -0.4 is 0 Å². The molecule has 0 N–H and O–H groups in total. The second kappa shape index (κ2) is 4.90. The summed E-state index contributed by atoms with van der Waals surface area (Å²) in [4.78, 5) is 27.8. The van der Waals surface area contributed by atoms with Crippen molar-refractivity contribution in [2.45, 2.75) is 60.2 Å². The van der Waals surface area contributed by atoms with Crippen LogP contribution in [0.1, 0.15) is 48.0 Å². The molecule has 1 saturated heterocycles. The number of carbonyl (C=O) groups is 2. The Morgan fingerprint density at radius 2 is 1.83 bits per heavy atom. The maximum Gasteiger partial charge on any atom is 0.246 e. The first kappa shape index (κ1) is 15.0. The normalized spacial score (nSPS) is 25.2.